The van der Waals surface area contributed by atoms with Gasteiger partial charge in [-0.25, -0.2) is 14.2 Å². The zero-order valence-electron chi connectivity index (χ0n) is 18.8. The lowest BCUT2D eigenvalue weighted by atomic mass is 9.98. The average Bonchev–Trinajstić information content (AvgIpc) is 3.39. The van der Waals surface area contributed by atoms with Crippen molar-refractivity contribution in [3.05, 3.63) is 89.4 Å². The molecule has 1 saturated heterocycles. The number of likely N-dealkylation sites (N-methyl/N-ethyl adjacent to an activating group) is 1. The van der Waals surface area contributed by atoms with Crippen molar-refractivity contribution in [3.63, 3.8) is 0 Å². The smallest absolute Gasteiger partial charge is 0.338 e. The third kappa shape index (κ3) is 3.43. The molecule has 2 unspecified atom stereocenters. The number of para-hydroxylation sites is 1. The van der Waals surface area contributed by atoms with Crippen molar-refractivity contribution in [1.29, 1.82) is 0 Å². The number of carbonyl (C=O) groups excluding carboxylic acids is 2. The number of hydrogen-bond acceptors (Lipinski definition) is 5. The maximum Gasteiger partial charge on any atom is 0.363 e. The van der Waals surface area contributed by atoms with Gasteiger partial charge in [-0.15, -0.1) is 0 Å². The van der Waals surface area contributed by atoms with Crippen LogP contribution < -0.4 is 10.2 Å². The molecule has 0 saturated carbocycles. The van der Waals surface area contributed by atoms with Crippen LogP contribution in [-0.2, 0) is 4.79 Å². The van der Waals surface area contributed by atoms with Gasteiger partial charge in [0.05, 0.1) is 18.3 Å². The number of rotatable bonds is 3. The molecule has 2 aromatic carbocycles. The number of nitrogens with zero attached hydrogens (tertiary/aromatic N) is 4. The predicted molar refractivity (Wildman–Crippen MR) is 128 cm³/mol. The molecule has 1 aromatic heterocycles. The molecule has 0 bridgehead atoms. The molecular formula is C26H25FN5O2+. The summed E-state index contributed by atoms with van der Waals surface area (Å²) in [4.78, 5) is 38.1. The van der Waals surface area contributed by atoms with Crippen LogP contribution in [0.4, 0.5) is 15.9 Å². The van der Waals surface area contributed by atoms with Crippen LogP contribution in [0.25, 0.3) is 0 Å². The Hall–Kier alpha value is -3.75. The quantitative estimate of drug-likeness (QED) is 0.610. The molecule has 5 rings (SSSR count). The van der Waals surface area contributed by atoms with Crippen LogP contribution in [0.1, 0.15) is 34.3 Å². The molecule has 0 aliphatic carbocycles. The second kappa shape index (κ2) is 8.55. The first-order valence-corrected chi connectivity index (χ1v) is 11.3. The van der Waals surface area contributed by atoms with E-state index < -0.39 is 22.4 Å². The summed E-state index contributed by atoms with van der Waals surface area (Å²) in [6.07, 6.45) is 2.16. The summed E-state index contributed by atoms with van der Waals surface area (Å²) in [5.74, 6) is -0.821. The van der Waals surface area contributed by atoms with Crippen molar-refractivity contribution in [2.24, 2.45) is 10.7 Å². The number of hydrogen-bond donors (Lipinski definition) is 1. The van der Waals surface area contributed by atoms with Crippen molar-refractivity contribution in [1.82, 2.24) is 14.4 Å². The number of likely N-dealkylation sites (tertiary alicyclic amines) is 1. The molecule has 2 aliphatic heterocycles. The largest absolute Gasteiger partial charge is 0.363 e. The predicted octanol–water partition coefficient (Wildman–Crippen LogP) is 3.39. The van der Waals surface area contributed by atoms with Gasteiger partial charge in [0.15, 0.2) is 5.69 Å². The molecule has 3 heterocycles. The van der Waals surface area contributed by atoms with Gasteiger partial charge in [-0.05, 0) is 43.2 Å². The van der Waals surface area contributed by atoms with E-state index in [1.54, 1.807) is 72.7 Å². The molecule has 0 spiro atoms. The van der Waals surface area contributed by atoms with Gasteiger partial charge in [-0.3, -0.25) is 15.5 Å². The number of aromatic nitrogens is 1. The third-order valence-corrected chi connectivity index (χ3v) is 6.57. The number of benzodiazepines with no additional fused rings is 1. The number of amides is 2. The van der Waals surface area contributed by atoms with E-state index in [4.69, 9.17) is 5.73 Å². The van der Waals surface area contributed by atoms with Gasteiger partial charge in [-0.1, -0.05) is 24.3 Å². The third-order valence-electron chi connectivity index (χ3n) is 6.57. The van der Waals surface area contributed by atoms with Gasteiger partial charge in [0.2, 0.25) is 6.17 Å². The summed E-state index contributed by atoms with van der Waals surface area (Å²) in [7, 11) is 1.67. The first kappa shape index (κ1) is 22.1. The number of quaternary nitrogens is 1. The van der Waals surface area contributed by atoms with Gasteiger partial charge in [0.1, 0.15) is 11.4 Å². The van der Waals surface area contributed by atoms with E-state index in [-0.39, 0.29) is 17.3 Å². The molecule has 2 amide bonds. The van der Waals surface area contributed by atoms with E-state index in [0.717, 1.165) is 12.8 Å². The van der Waals surface area contributed by atoms with Crippen molar-refractivity contribution in [2.75, 3.05) is 20.1 Å². The normalized spacial score (nSPS) is 22.2. The molecule has 2 atom stereocenters. The zero-order chi connectivity index (χ0) is 23.9. The lowest BCUT2D eigenvalue weighted by Crippen LogP contribution is -2.54. The summed E-state index contributed by atoms with van der Waals surface area (Å²) < 4.78 is 14.3. The summed E-state index contributed by atoms with van der Waals surface area (Å²) >= 11 is 0. The maximum absolute atomic E-state index is 14.8. The average molecular weight is 459 g/mol. The first-order chi connectivity index (χ1) is 16.4. The van der Waals surface area contributed by atoms with E-state index >= 15 is 0 Å². The van der Waals surface area contributed by atoms with Crippen molar-refractivity contribution >= 4 is 29.0 Å². The number of pyridine rings is 1. The highest BCUT2D eigenvalue weighted by Gasteiger charge is 2.48. The van der Waals surface area contributed by atoms with Crippen molar-refractivity contribution in [3.8, 4) is 0 Å². The molecule has 0 radical (unpaired) electrons. The van der Waals surface area contributed by atoms with Crippen LogP contribution in [-0.4, -0.2) is 53.7 Å². The maximum atomic E-state index is 14.8. The molecule has 7 nitrogen and oxygen atoms in total. The SMILES string of the molecule is C[N+]1(c2ncccc2C(=O)N2CCCC2)C(=O)C(N)N=C(c2ccccc2F)c2ccccc21. The standard InChI is InChI=1S/C26H25FN5O2/c1-32(24-19(11-8-14-29-24)25(33)31-15-6-7-16-31)21-13-5-3-10-18(21)22(30-23(28)26(32)34)17-9-2-4-12-20(17)27/h2-5,8-14,23H,6-7,15-16,28H2,1H3/q+1. The van der Waals surface area contributed by atoms with Gasteiger partial charge >= 0.3 is 5.91 Å². The molecule has 172 valence electrons. The lowest BCUT2D eigenvalue weighted by molar-refractivity contribution is -0.127. The second-order valence-electron chi connectivity index (χ2n) is 8.64. The Kier molecular flexibility index (Phi) is 5.55. The number of halogens is 1. The Morgan fingerprint density at radius 1 is 1.03 bits per heavy atom. The summed E-state index contributed by atoms with van der Waals surface area (Å²) in [5.41, 5.74) is 8.27. The van der Waals surface area contributed by atoms with Gasteiger partial charge in [0, 0.05) is 30.9 Å². The lowest BCUT2D eigenvalue weighted by Gasteiger charge is -2.32. The van der Waals surface area contributed by atoms with E-state index in [1.165, 1.54) is 6.07 Å². The van der Waals surface area contributed by atoms with E-state index in [2.05, 4.69) is 9.98 Å². The Balaban J connectivity index is 1.74. The fourth-order valence-corrected chi connectivity index (χ4v) is 4.81. The molecule has 2 N–H and O–H groups in total. The Morgan fingerprint density at radius 2 is 1.71 bits per heavy atom. The highest BCUT2D eigenvalue weighted by atomic mass is 19.1. The van der Waals surface area contributed by atoms with Gasteiger partial charge in [-0.2, -0.15) is 4.48 Å². The van der Waals surface area contributed by atoms with Crippen molar-refractivity contribution < 1.29 is 14.0 Å². The Labute approximate surface area is 196 Å². The summed E-state index contributed by atoms with van der Waals surface area (Å²) in [5, 5.41) is 0. The minimum Gasteiger partial charge on any atom is -0.338 e. The fraction of sp³-hybridized carbons (Fsp3) is 0.231. The Morgan fingerprint density at radius 3 is 2.44 bits per heavy atom. The van der Waals surface area contributed by atoms with Crippen LogP contribution in [0.3, 0.4) is 0 Å². The van der Waals surface area contributed by atoms with Crippen molar-refractivity contribution in [2.45, 2.75) is 19.0 Å². The minimum absolute atomic E-state index is 0.168. The van der Waals surface area contributed by atoms with Crippen LogP contribution in [0, 0.1) is 5.82 Å². The fourth-order valence-electron chi connectivity index (χ4n) is 4.81. The molecule has 2 aliphatic rings. The minimum atomic E-state index is -1.29. The highest BCUT2D eigenvalue weighted by Crippen LogP contribution is 2.40. The number of fused-ring (bicyclic) bond motifs is 1. The Bertz CT molecular complexity index is 1320. The van der Waals surface area contributed by atoms with Gasteiger partial charge in [0.25, 0.3) is 11.7 Å². The van der Waals surface area contributed by atoms with Crippen LogP contribution >= 0.6 is 0 Å². The second-order valence-corrected chi connectivity index (χ2v) is 8.64. The van der Waals surface area contributed by atoms with E-state index in [1.807, 2.05) is 0 Å². The number of benzene rings is 2. The molecular weight excluding hydrogens is 433 g/mol. The summed E-state index contributed by atoms with van der Waals surface area (Å²) in [6.45, 7) is 1.34. The van der Waals surface area contributed by atoms with E-state index in [9.17, 15) is 14.0 Å². The molecule has 3 aromatic rings. The number of aliphatic imine (C=N–C) groups is 1. The molecule has 1 fully saturated rings. The number of nitrogens with two attached hydrogens (primary N) is 1. The molecule has 34 heavy (non-hydrogen) atoms. The van der Waals surface area contributed by atoms with E-state index in [0.29, 0.717) is 35.6 Å². The topological polar surface area (TPSA) is 88.7 Å². The van der Waals surface area contributed by atoms with Crippen LogP contribution in [0.5, 0.6) is 0 Å². The van der Waals surface area contributed by atoms with Crippen LogP contribution in [0.15, 0.2) is 71.9 Å². The van der Waals surface area contributed by atoms with Crippen LogP contribution in [0.2, 0.25) is 0 Å². The monoisotopic (exact) mass is 458 g/mol. The zero-order valence-corrected chi connectivity index (χ0v) is 18.8. The highest BCUT2D eigenvalue weighted by molar-refractivity contribution is 6.20. The molecule has 8 heteroatoms. The van der Waals surface area contributed by atoms with Gasteiger partial charge < -0.3 is 4.90 Å². The summed E-state index contributed by atoms with van der Waals surface area (Å²) in [6, 6.07) is 16.8. The first-order valence-electron chi connectivity index (χ1n) is 11.3. The number of carbonyl (C=O) groups is 2.